The van der Waals surface area contributed by atoms with Crippen LogP contribution >= 0.6 is 23.4 Å². The van der Waals surface area contributed by atoms with Gasteiger partial charge in [0.2, 0.25) is 11.8 Å². The third kappa shape index (κ3) is 4.64. The van der Waals surface area contributed by atoms with E-state index in [-0.39, 0.29) is 11.7 Å². The molecule has 3 aromatic heterocycles. The van der Waals surface area contributed by atoms with E-state index >= 15 is 0 Å². The van der Waals surface area contributed by atoms with Gasteiger partial charge in [0.1, 0.15) is 5.82 Å². The summed E-state index contributed by atoms with van der Waals surface area (Å²) in [6.45, 7) is 0. The molecule has 0 aliphatic heterocycles. The van der Waals surface area contributed by atoms with Crippen molar-refractivity contribution in [2.45, 2.75) is 5.22 Å². The lowest BCUT2D eigenvalue weighted by molar-refractivity contribution is -0.113. The van der Waals surface area contributed by atoms with Crippen molar-refractivity contribution in [1.29, 1.82) is 0 Å². The lowest BCUT2D eigenvalue weighted by atomic mass is 10.1. The smallest absolute Gasteiger partial charge is 0.277 e. The Balaban J connectivity index is 1.37. The zero-order chi connectivity index (χ0) is 20.2. The van der Waals surface area contributed by atoms with E-state index in [4.69, 9.17) is 16.0 Å². The summed E-state index contributed by atoms with van der Waals surface area (Å²) >= 11 is 7.08. The first kappa shape index (κ1) is 19.2. The highest BCUT2D eigenvalue weighted by Gasteiger charge is 2.14. The zero-order valence-corrected chi connectivity index (χ0v) is 16.8. The van der Waals surface area contributed by atoms with Gasteiger partial charge in [0.25, 0.3) is 5.22 Å². The number of carbonyl (C=O) groups excluding carboxylic acids is 1. The predicted molar refractivity (Wildman–Crippen MR) is 111 cm³/mol. The molecule has 1 amide bonds. The van der Waals surface area contributed by atoms with Crippen LogP contribution in [0.25, 0.3) is 22.7 Å². The van der Waals surface area contributed by atoms with E-state index in [1.54, 1.807) is 48.4 Å². The van der Waals surface area contributed by atoms with E-state index in [2.05, 4.69) is 25.6 Å². The second-order valence-corrected chi connectivity index (χ2v) is 7.36. The molecular weight excluding hydrogens is 412 g/mol. The Bertz CT molecular complexity index is 1130. The fourth-order valence-electron chi connectivity index (χ4n) is 2.53. The van der Waals surface area contributed by atoms with Gasteiger partial charge in [0.15, 0.2) is 0 Å². The van der Waals surface area contributed by atoms with E-state index in [9.17, 15) is 4.79 Å². The number of anilines is 1. The number of nitrogens with one attached hydrogen (secondary N) is 1. The summed E-state index contributed by atoms with van der Waals surface area (Å²) in [7, 11) is 1.76. The maximum absolute atomic E-state index is 12.3. The molecular formula is C19H15ClN6O2S. The number of hydrogen-bond acceptors (Lipinski definition) is 7. The van der Waals surface area contributed by atoms with Crippen LogP contribution in [-0.4, -0.2) is 36.6 Å². The van der Waals surface area contributed by atoms with E-state index in [0.29, 0.717) is 22.0 Å². The van der Waals surface area contributed by atoms with Crippen molar-refractivity contribution in [3.8, 4) is 22.7 Å². The van der Waals surface area contributed by atoms with Gasteiger partial charge in [0, 0.05) is 36.1 Å². The molecule has 1 N–H and O–H groups in total. The van der Waals surface area contributed by atoms with Crippen molar-refractivity contribution in [1.82, 2.24) is 25.0 Å². The monoisotopic (exact) mass is 426 g/mol. The first-order chi connectivity index (χ1) is 14.1. The number of aromatic nitrogens is 5. The lowest BCUT2D eigenvalue weighted by Crippen LogP contribution is -2.16. The van der Waals surface area contributed by atoms with E-state index in [0.717, 1.165) is 28.6 Å². The van der Waals surface area contributed by atoms with Crippen LogP contribution in [0, 0.1) is 0 Å². The first-order valence-corrected chi connectivity index (χ1v) is 9.91. The summed E-state index contributed by atoms with van der Waals surface area (Å²) in [5.74, 6) is 0.861. The molecule has 0 atom stereocenters. The SMILES string of the molecule is Cn1nc(-c2ccc(Cl)cc2)cc1NC(=O)CSc1nnc(-c2cccnc2)o1. The minimum absolute atomic E-state index is 0.121. The van der Waals surface area contributed by atoms with Crippen molar-refractivity contribution in [2.75, 3.05) is 11.1 Å². The Morgan fingerprint density at radius 2 is 2.03 bits per heavy atom. The van der Waals surface area contributed by atoms with Gasteiger partial charge in [-0.25, -0.2) is 0 Å². The molecule has 0 saturated carbocycles. The molecule has 4 aromatic rings. The van der Waals surface area contributed by atoms with Crippen molar-refractivity contribution in [3.05, 3.63) is 59.9 Å². The van der Waals surface area contributed by atoms with Crippen LogP contribution in [0.4, 0.5) is 5.82 Å². The highest BCUT2D eigenvalue weighted by molar-refractivity contribution is 7.99. The number of aryl methyl sites for hydroxylation is 1. The van der Waals surface area contributed by atoms with Crippen LogP contribution in [0.5, 0.6) is 0 Å². The molecule has 0 fully saturated rings. The predicted octanol–water partition coefficient (Wildman–Crippen LogP) is 3.92. The number of hydrogen-bond donors (Lipinski definition) is 1. The quantitative estimate of drug-likeness (QED) is 0.466. The molecule has 0 bridgehead atoms. The fourth-order valence-corrected chi connectivity index (χ4v) is 3.22. The van der Waals surface area contributed by atoms with Gasteiger partial charge in [0.05, 0.1) is 17.0 Å². The van der Waals surface area contributed by atoms with Gasteiger partial charge in [-0.15, -0.1) is 10.2 Å². The molecule has 1 aromatic carbocycles. The first-order valence-electron chi connectivity index (χ1n) is 8.55. The van der Waals surface area contributed by atoms with Gasteiger partial charge in [-0.2, -0.15) is 5.10 Å². The molecule has 3 heterocycles. The van der Waals surface area contributed by atoms with Crippen LogP contribution < -0.4 is 5.32 Å². The number of nitrogens with zero attached hydrogens (tertiary/aromatic N) is 5. The number of amides is 1. The maximum Gasteiger partial charge on any atom is 0.277 e. The second-order valence-electron chi connectivity index (χ2n) is 6.00. The average Bonchev–Trinajstić information content (AvgIpc) is 3.35. The number of thioether (sulfide) groups is 1. The topological polar surface area (TPSA) is 98.7 Å². The van der Waals surface area contributed by atoms with Crippen molar-refractivity contribution < 1.29 is 9.21 Å². The molecule has 0 unspecified atom stereocenters. The summed E-state index contributed by atoms with van der Waals surface area (Å²) in [6.07, 6.45) is 3.30. The number of rotatable bonds is 6. The van der Waals surface area contributed by atoms with Gasteiger partial charge >= 0.3 is 0 Å². The number of pyridine rings is 1. The molecule has 0 aliphatic carbocycles. The third-order valence-corrected chi connectivity index (χ3v) is 5.00. The Hall–Kier alpha value is -3.17. The Kier molecular flexibility index (Phi) is 5.59. The van der Waals surface area contributed by atoms with Gasteiger partial charge < -0.3 is 9.73 Å². The minimum Gasteiger partial charge on any atom is -0.411 e. The molecule has 0 radical (unpaired) electrons. The van der Waals surface area contributed by atoms with E-state index in [1.165, 1.54) is 0 Å². The normalized spacial score (nSPS) is 10.8. The van der Waals surface area contributed by atoms with Gasteiger partial charge in [-0.3, -0.25) is 14.5 Å². The molecule has 0 spiro atoms. The van der Waals surface area contributed by atoms with Crippen LogP contribution in [0.3, 0.4) is 0 Å². The molecule has 8 nitrogen and oxygen atoms in total. The van der Waals surface area contributed by atoms with Crippen LogP contribution in [0.2, 0.25) is 5.02 Å². The molecule has 0 aliphatic rings. The Morgan fingerprint density at radius 3 is 2.79 bits per heavy atom. The lowest BCUT2D eigenvalue weighted by Gasteiger charge is -2.03. The Morgan fingerprint density at radius 1 is 1.21 bits per heavy atom. The molecule has 29 heavy (non-hydrogen) atoms. The van der Waals surface area contributed by atoms with Crippen molar-refractivity contribution in [2.24, 2.45) is 7.05 Å². The van der Waals surface area contributed by atoms with E-state index in [1.807, 2.05) is 18.2 Å². The van der Waals surface area contributed by atoms with Crippen LogP contribution in [-0.2, 0) is 11.8 Å². The number of halogens is 1. The number of benzene rings is 1. The van der Waals surface area contributed by atoms with Crippen LogP contribution in [0.1, 0.15) is 0 Å². The summed E-state index contributed by atoms with van der Waals surface area (Å²) < 4.78 is 7.17. The van der Waals surface area contributed by atoms with Crippen molar-refractivity contribution in [3.63, 3.8) is 0 Å². The summed E-state index contributed by atoms with van der Waals surface area (Å²) in [4.78, 5) is 16.3. The largest absolute Gasteiger partial charge is 0.411 e. The average molecular weight is 427 g/mol. The highest BCUT2D eigenvalue weighted by Crippen LogP contribution is 2.24. The molecule has 0 saturated heterocycles. The summed E-state index contributed by atoms with van der Waals surface area (Å²) in [5.41, 5.74) is 2.37. The molecule has 146 valence electrons. The minimum atomic E-state index is -0.207. The standard InChI is InChI=1S/C19H15ClN6O2S/c1-26-16(9-15(25-26)12-4-6-14(20)7-5-12)22-17(27)11-29-19-24-23-18(28-19)13-3-2-8-21-10-13/h2-10H,11H2,1H3,(H,22,27). The fraction of sp³-hybridized carbons (Fsp3) is 0.105. The Labute approximate surface area is 175 Å². The highest BCUT2D eigenvalue weighted by atomic mass is 35.5. The molecule has 10 heteroatoms. The summed E-state index contributed by atoms with van der Waals surface area (Å²) in [6, 6.07) is 12.8. The maximum atomic E-state index is 12.3. The number of carbonyl (C=O) groups is 1. The van der Waals surface area contributed by atoms with Gasteiger partial charge in [-0.1, -0.05) is 35.5 Å². The van der Waals surface area contributed by atoms with E-state index < -0.39 is 0 Å². The second kappa shape index (κ2) is 8.46. The zero-order valence-electron chi connectivity index (χ0n) is 15.2. The van der Waals surface area contributed by atoms with Crippen LogP contribution in [0.15, 0.2) is 64.5 Å². The molecule has 4 rings (SSSR count). The van der Waals surface area contributed by atoms with Gasteiger partial charge in [-0.05, 0) is 24.3 Å². The third-order valence-electron chi connectivity index (χ3n) is 3.93. The van der Waals surface area contributed by atoms with Crippen molar-refractivity contribution >= 4 is 35.1 Å². The summed E-state index contributed by atoms with van der Waals surface area (Å²) in [5, 5.41) is 16.1.